The van der Waals surface area contributed by atoms with Gasteiger partial charge in [0.2, 0.25) is 0 Å². The summed E-state index contributed by atoms with van der Waals surface area (Å²) < 4.78 is 6.07. The van der Waals surface area contributed by atoms with Gasteiger partial charge in [-0.2, -0.15) is 0 Å². The van der Waals surface area contributed by atoms with E-state index in [2.05, 4.69) is 67.3 Å². The van der Waals surface area contributed by atoms with Crippen LogP contribution in [0.4, 0.5) is 0 Å². The Kier molecular flexibility index (Phi) is 7.24. The molecule has 1 heteroatoms. The molecule has 0 heterocycles. The van der Waals surface area contributed by atoms with E-state index in [0.29, 0.717) is 6.61 Å². The zero-order valence-electron chi connectivity index (χ0n) is 16.6. The number of benzene rings is 3. The van der Waals surface area contributed by atoms with Gasteiger partial charge >= 0.3 is 0 Å². The second-order valence-electron chi connectivity index (χ2n) is 6.70. The van der Waals surface area contributed by atoms with E-state index in [4.69, 9.17) is 4.74 Å². The Balaban J connectivity index is 1.97. The van der Waals surface area contributed by atoms with Crippen molar-refractivity contribution in [1.82, 2.24) is 0 Å². The molecule has 0 aliphatic heterocycles. The van der Waals surface area contributed by atoms with Gasteiger partial charge in [-0.25, -0.2) is 0 Å². The van der Waals surface area contributed by atoms with Crippen LogP contribution in [-0.2, 0) is 4.74 Å². The Morgan fingerprint density at radius 1 is 0.821 bits per heavy atom. The summed E-state index contributed by atoms with van der Waals surface area (Å²) in [5, 5.41) is 0. The second-order valence-corrected chi connectivity index (χ2v) is 6.70. The fraction of sp³-hybridized carbons (Fsp3) is 0.185. The van der Waals surface area contributed by atoms with Gasteiger partial charge in [-0.3, -0.25) is 0 Å². The molecule has 0 fully saturated rings. The topological polar surface area (TPSA) is 9.23 Å². The van der Waals surface area contributed by atoms with E-state index in [0.717, 1.165) is 23.1 Å². The van der Waals surface area contributed by atoms with E-state index in [9.17, 15) is 0 Å². The average molecular weight is 367 g/mol. The molecule has 0 saturated heterocycles. The summed E-state index contributed by atoms with van der Waals surface area (Å²) in [7, 11) is 0. The van der Waals surface area contributed by atoms with Gasteiger partial charge < -0.3 is 4.74 Å². The van der Waals surface area contributed by atoms with Gasteiger partial charge in [0.15, 0.2) is 0 Å². The molecule has 0 saturated carbocycles. The van der Waals surface area contributed by atoms with E-state index in [1.807, 2.05) is 49.4 Å². The average Bonchev–Trinajstić information content (AvgIpc) is 2.76. The minimum Gasteiger partial charge on any atom is -0.373 e. The van der Waals surface area contributed by atoms with Crippen LogP contribution in [0.1, 0.15) is 43.1 Å². The molecule has 0 N–H and O–H groups in total. The molecule has 3 rings (SSSR count). The third-order valence-corrected chi connectivity index (χ3v) is 4.63. The molecular formula is C27H26O. The van der Waals surface area contributed by atoms with Crippen LogP contribution >= 0.6 is 0 Å². The highest BCUT2D eigenvalue weighted by Crippen LogP contribution is 2.29. The van der Waals surface area contributed by atoms with E-state index in [1.165, 1.54) is 11.1 Å². The number of rotatable bonds is 6. The minimum atomic E-state index is 0.0310. The number of ether oxygens (including phenoxy) is 1. The zero-order valence-corrected chi connectivity index (χ0v) is 16.6. The van der Waals surface area contributed by atoms with E-state index >= 15 is 0 Å². The highest BCUT2D eigenvalue weighted by molar-refractivity contribution is 5.81. The molecule has 0 amide bonds. The van der Waals surface area contributed by atoms with Crippen molar-refractivity contribution in [2.24, 2.45) is 0 Å². The van der Waals surface area contributed by atoms with Crippen LogP contribution < -0.4 is 0 Å². The van der Waals surface area contributed by atoms with Gasteiger partial charge in [0, 0.05) is 17.7 Å². The Bertz CT molecular complexity index is 945. The van der Waals surface area contributed by atoms with E-state index in [1.54, 1.807) is 0 Å². The molecular weight excluding hydrogens is 340 g/mol. The van der Waals surface area contributed by atoms with Gasteiger partial charge in [0.25, 0.3) is 0 Å². The molecule has 0 radical (unpaired) electrons. The van der Waals surface area contributed by atoms with Crippen LogP contribution in [0.15, 0.2) is 96.6 Å². The number of hydrogen-bond donors (Lipinski definition) is 0. The lowest BCUT2D eigenvalue weighted by Crippen LogP contribution is -2.05. The SMILES string of the molecule is CCOC(CC(C)=C(C#Cc1ccccc1)c1ccccc1)c1ccccc1. The monoisotopic (exact) mass is 366 g/mol. The van der Waals surface area contributed by atoms with Gasteiger partial charge in [0.1, 0.15) is 0 Å². The highest BCUT2D eigenvalue weighted by atomic mass is 16.5. The van der Waals surface area contributed by atoms with Gasteiger partial charge in [-0.05, 0) is 43.5 Å². The second kappa shape index (κ2) is 10.3. The van der Waals surface area contributed by atoms with Crippen molar-refractivity contribution in [2.45, 2.75) is 26.4 Å². The first-order valence-corrected chi connectivity index (χ1v) is 9.76. The van der Waals surface area contributed by atoms with Crippen molar-refractivity contribution in [2.75, 3.05) is 6.61 Å². The fourth-order valence-electron chi connectivity index (χ4n) is 3.21. The first-order chi connectivity index (χ1) is 13.8. The third-order valence-electron chi connectivity index (χ3n) is 4.63. The molecule has 3 aromatic rings. The van der Waals surface area contributed by atoms with Crippen molar-refractivity contribution < 1.29 is 4.74 Å². The summed E-state index contributed by atoms with van der Waals surface area (Å²) in [6.07, 6.45) is 0.842. The summed E-state index contributed by atoms with van der Waals surface area (Å²) in [5.41, 5.74) is 5.68. The minimum absolute atomic E-state index is 0.0310. The molecule has 1 atom stereocenters. The first-order valence-electron chi connectivity index (χ1n) is 9.76. The van der Waals surface area contributed by atoms with Crippen molar-refractivity contribution in [3.05, 3.63) is 113 Å². The van der Waals surface area contributed by atoms with Crippen molar-refractivity contribution in [3.63, 3.8) is 0 Å². The highest BCUT2D eigenvalue weighted by Gasteiger charge is 2.14. The van der Waals surface area contributed by atoms with Crippen molar-refractivity contribution >= 4 is 5.57 Å². The third kappa shape index (κ3) is 5.46. The Hall–Kier alpha value is -3.08. The van der Waals surface area contributed by atoms with Crippen molar-refractivity contribution in [3.8, 4) is 11.8 Å². The number of allylic oxidation sites excluding steroid dienone is 1. The Morgan fingerprint density at radius 2 is 1.39 bits per heavy atom. The number of hydrogen-bond acceptors (Lipinski definition) is 1. The van der Waals surface area contributed by atoms with Crippen LogP contribution in [0.2, 0.25) is 0 Å². The smallest absolute Gasteiger partial charge is 0.0862 e. The quantitative estimate of drug-likeness (QED) is 0.442. The molecule has 140 valence electrons. The summed E-state index contributed by atoms with van der Waals surface area (Å²) in [6.45, 7) is 4.89. The van der Waals surface area contributed by atoms with Crippen LogP contribution in [0.3, 0.4) is 0 Å². The predicted octanol–water partition coefficient (Wildman–Crippen LogP) is 6.68. The molecule has 28 heavy (non-hydrogen) atoms. The first kappa shape index (κ1) is 19.7. The predicted molar refractivity (Wildman–Crippen MR) is 118 cm³/mol. The lowest BCUT2D eigenvalue weighted by Gasteiger charge is -2.19. The molecule has 3 aromatic carbocycles. The molecule has 0 bridgehead atoms. The largest absolute Gasteiger partial charge is 0.373 e. The summed E-state index contributed by atoms with van der Waals surface area (Å²) >= 11 is 0. The molecule has 0 spiro atoms. The maximum absolute atomic E-state index is 6.07. The molecule has 0 aliphatic carbocycles. The normalized spacial score (nSPS) is 12.5. The van der Waals surface area contributed by atoms with Gasteiger partial charge in [-0.15, -0.1) is 0 Å². The maximum atomic E-state index is 6.07. The summed E-state index contributed by atoms with van der Waals surface area (Å²) in [4.78, 5) is 0. The molecule has 1 unspecified atom stereocenters. The Morgan fingerprint density at radius 3 is 2.00 bits per heavy atom. The summed E-state index contributed by atoms with van der Waals surface area (Å²) in [5.74, 6) is 6.75. The van der Waals surface area contributed by atoms with E-state index in [-0.39, 0.29) is 6.10 Å². The fourth-order valence-corrected chi connectivity index (χ4v) is 3.21. The molecule has 0 aliphatic rings. The lowest BCUT2D eigenvalue weighted by molar-refractivity contribution is 0.0629. The lowest BCUT2D eigenvalue weighted by atomic mass is 9.94. The molecule has 0 aromatic heterocycles. The van der Waals surface area contributed by atoms with Crippen LogP contribution in [0.5, 0.6) is 0 Å². The Labute approximate surface area is 168 Å². The maximum Gasteiger partial charge on any atom is 0.0862 e. The van der Waals surface area contributed by atoms with Crippen LogP contribution in [0, 0.1) is 11.8 Å². The standard InChI is InChI=1S/C27H26O/c1-3-28-27(25-17-11-6-12-18-25)21-22(2)26(24-15-9-5-10-16-24)20-19-23-13-7-4-8-14-23/h4-18,27H,3,21H2,1-2H3. The molecule has 1 nitrogen and oxygen atoms in total. The van der Waals surface area contributed by atoms with Gasteiger partial charge in [-0.1, -0.05) is 96.3 Å². The van der Waals surface area contributed by atoms with Crippen LogP contribution in [0.25, 0.3) is 5.57 Å². The van der Waals surface area contributed by atoms with Gasteiger partial charge in [0.05, 0.1) is 6.10 Å². The van der Waals surface area contributed by atoms with E-state index < -0.39 is 0 Å². The van der Waals surface area contributed by atoms with Crippen molar-refractivity contribution in [1.29, 1.82) is 0 Å². The van der Waals surface area contributed by atoms with Crippen LogP contribution in [-0.4, -0.2) is 6.61 Å². The zero-order chi connectivity index (χ0) is 19.6. The summed E-state index contributed by atoms with van der Waals surface area (Å²) in [6, 6.07) is 30.9.